The van der Waals surface area contributed by atoms with Crippen LogP contribution in [0.25, 0.3) is 10.9 Å². The molecule has 1 aliphatic rings. The number of benzene rings is 1. The van der Waals surface area contributed by atoms with E-state index < -0.39 is 10.0 Å². The smallest absolute Gasteiger partial charge is 0.224 e. The van der Waals surface area contributed by atoms with Crippen LogP contribution in [0, 0.1) is 6.92 Å². The Morgan fingerprint density at radius 3 is 2.65 bits per heavy atom. The zero-order valence-corrected chi connectivity index (χ0v) is 16.2. The van der Waals surface area contributed by atoms with Gasteiger partial charge in [-0.05, 0) is 37.8 Å². The second kappa shape index (κ2) is 7.80. The van der Waals surface area contributed by atoms with E-state index in [2.05, 4.69) is 10.3 Å². The van der Waals surface area contributed by atoms with Gasteiger partial charge >= 0.3 is 0 Å². The van der Waals surface area contributed by atoms with Crippen molar-refractivity contribution in [1.82, 2.24) is 14.6 Å². The Morgan fingerprint density at radius 2 is 1.96 bits per heavy atom. The highest BCUT2D eigenvalue weighted by molar-refractivity contribution is 7.89. The number of nitrogens with zero attached hydrogens (tertiary/aromatic N) is 1. The van der Waals surface area contributed by atoms with Crippen molar-refractivity contribution in [2.75, 3.05) is 18.8 Å². The van der Waals surface area contributed by atoms with E-state index in [4.69, 9.17) is 0 Å². The number of sulfonamides is 1. The lowest BCUT2D eigenvalue weighted by atomic mass is 10.0. The Morgan fingerprint density at radius 1 is 1.27 bits per heavy atom. The number of hydrogen-bond acceptors (Lipinski definition) is 3. The van der Waals surface area contributed by atoms with Gasteiger partial charge in [-0.2, -0.15) is 0 Å². The van der Waals surface area contributed by atoms with Gasteiger partial charge in [0.1, 0.15) is 0 Å². The largest absolute Gasteiger partial charge is 0.358 e. The van der Waals surface area contributed by atoms with Crippen LogP contribution in [0.4, 0.5) is 0 Å². The maximum absolute atomic E-state index is 12.5. The Labute approximate surface area is 155 Å². The number of nitrogens with one attached hydrogen (secondary N) is 2. The van der Waals surface area contributed by atoms with E-state index in [1.54, 1.807) is 4.31 Å². The second-order valence-electron chi connectivity index (χ2n) is 7.01. The molecule has 2 N–H and O–H groups in total. The zero-order valence-electron chi connectivity index (χ0n) is 15.4. The summed E-state index contributed by atoms with van der Waals surface area (Å²) >= 11 is 0. The van der Waals surface area contributed by atoms with Crippen LogP contribution in [0.15, 0.2) is 24.3 Å². The van der Waals surface area contributed by atoms with Crippen molar-refractivity contribution in [2.45, 2.75) is 45.6 Å². The highest BCUT2D eigenvalue weighted by Crippen LogP contribution is 2.22. The van der Waals surface area contributed by atoms with Gasteiger partial charge in [-0.25, -0.2) is 12.7 Å². The summed E-state index contributed by atoms with van der Waals surface area (Å²) in [6.07, 6.45) is 2.30. The van der Waals surface area contributed by atoms with Crippen LogP contribution in [-0.4, -0.2) is 48.5 Å². The van der Waals surface area contributed by atoms with Gasteiger partial charge in [0.05, 0.1) is 12.2 Å². The fourth-order valence-electron chi connectivity index (χ4n) is 3.67. The number of carbonyl (C=O) groups excluding carboxylic acids is 1. The van der Waals surface area contributed by atoms with Crippen LogP contribution in [0.1, 0.15) is 37.4 Å². The minimum Gasteiger partial charge on any atom is -0.358 e. The van der Waals surface area contributed by atoms with Gasteiger partial charge in [0.2, 0.25) is 15.9 Å². The molecule has 26 heavy (non-hydrogen) atoms. The van der Waals surface area contributed by atoms with E-state index in [9.17, 15) is 13.2 Å². The van der Waals surface area contributed by atoms with Crippen molar-refractivity contribution in [3.63, 3.8) is 0 Å². The minimum atomic E-state index is -3.14. The number of fused-ring (bicyclic) bond motifs is 1. The predicted molar refractivity (Wildman–Crippen MR) is 104 cm³/mol. The fraction of sp³-hybridized carbons (Fsp3) is 0.526. The number of aryl methyl sites for hydroxylation is 1. The van der Waals surface area contributed by atoms with Gasteiger partial charge in [-0.1, -0.05) is 25.1 Å². The molecule has 1 aromatic heterocycles. The van der Waals surface area contributed by atoms with Gasteiger partial charge in [-0.15, -0.1) is 0 Å². The number of amides is 1. The van der Waals surface area contributed by atoms with Crippen molar-refractivity contribution < 1.29 is 13.2 Å². The average molecular weight is 378 g/mol. The minimum absolute atomic E-state index is 0.00674. The number of piperidine rings is 1. The summed E-state index contributed by atoms with van der Waals surface area (Å²) in [4.78, 5) is 15.8. The Kier molecular flexibility index (Phi) is 5.67. The summed E-state index contributed by atoms with van der Waals surface area (Å²) in [5.41, 5.74) is 3.09. The van der Waals surface area contributed by atoms with Crippen LogP contribution in [0.5, 0.6) is 0 Å². The van der Waals surface area contributed by atoms with Crippen molar-refractivity contribution in [3.05, 3.63) is 35.5 Å². The third-order valence-corrected chi connectivity index (χ3v) is 7.11. The third-order valence-electron chi connectivity index (χ3n) is 5.04. The molecule has 0 aliphatic carbocycles. The molecule has 6 nitrogen and oxygen atoms in total. The van der Waals surface area contributed by atoms with E-state index in [0.717, 1.165) is 22.2 Å². The van der Waals surface area contributed by atoms with Crippen molar-refractivity contribution >= 4 is 26.8 Å². The first kappa shape index (κ1) is 18.9. The fourth-order valence-corrected chi connectivity index (χ4v) is 5.21. The number of aromatic amines is 1. The maximum atomic E-state index is 12.5. The Balaban J connectivity index is 1.57. The molecule has 142 valence electrons. The number of carbonyl (C=O) groups is 1. The second-order valence-corrected chi connectivity index (χ2v) is 9.10. The van der Waals surface area contributed by atoms with Crippen LogP contribution >= 0.6 is 0 Å². The van der Waals surface area contributed by atoms with Crippen LogP contribution in [0.2, 0.25) is 0 Å². The number of hydrogen-bond donors (Lipinski definition) is 2. The summed E-state index contributed by atoms with van der Waals surface area (Å²) in [6, 6.07) is 8.03. The molecule has 2 heterocycles. The molecule has 2 aromatic rings. The molecule has 0 atom stereocenters. The van der Waals surface area contributed by atoms with Crippen molar-refractivity contribution in [2.24, 2.45) is 0 Å². The molecule has 1 fully saturated rings. The summed E-state index contributed by atoms with van der Waals surface area (Å²) in [7, 11) is -3.14. The number of aromatic nitrogens is 1. The average Bonchev–Trinajstić information content (AvgIpc) is 2.91. The molecule has 3 rings (SSSR count). The highest BCUT2D eigenvalue weighted by Gasteiger charge is 2.28. The molecule has 0 spiro atoms. The first-order valence-corrected chi connectivity index (χ1v) is 10.8. The summed E-state index contributed by atoms with van der Waals surface area (Å²) in [5, 5.41) is 4.16. The molecule has 1 saturated heterocycles. The Bertz CT molecular complexity index is 881. The van der Waals surface area contributed by atoms with Gasteiger partial charge in [-0.3, -0.25) is 4.79 Å². The molecular weight excluding hydrogens is 350 g/mol. The summed E-state index contributed by atoms with van der Waals surface area (Å²) < 4.78 is 25.8. The number of para-hydroxylation sites is 1. The monoisotopic (exact) mass is 377 g/mol. The lowest BCUT2D eigenvalue weighted by Crippen LogP contribution is -2.47. The van der Waals surface area contributed by atoms with Crippen LogP contribution in [0.3, 0.4) is 0 Å². The van der Waals surface area contributed by atoms with E-state index >= 15 is 0 Å². The molecule has 0 radical (unpaired) electrons. The van der Waals surface area contributed by atoms with Gasteiger partial charge in [0.25, 0.3) is 0 Å². The quantitative estimate of drug-likeness (QED) is 0.811. The van der Waals surface area contributed by atoms with Gasteiger partial charge in [0.15, 0.2) is 0 Å². The van der Waals surface area contributed by atoms with E-state index in [1.807, 2.05) is 38.1 Å². The third kappa shape index (κ3) is 4.10. The zero-order chi connectivity index (χ0) is 18.7. The van der Waals surface area contributed by atoms with Crippen molar-refractivity contribution in [1.29, 1.82) is 0 Å². The number of rotatable bonds is 6. The van der Waals surface area contributed by atoms with Crippen LogP contribution < -0.4 is 5.32 Å². The molecule has 0 bridgehead atoms. The molecule has 1 aliphatic heterocycles. The maximum Gasteiger partial charge on any atom is 0.224 e. The molecule has 1 amide bonds. The van der Waals surface area contributed by atoms with Crippen LogP contribution in [-0.2, 0) is 21.2 Å². The summed E-state index contributed by atoms with van der Waals surface area (Å²) in [6.45, 7) is 4.83. The van der Waals surface area contributed by atoms with Gasteiger partial charge in [0, 0.05) is 35.7 Å². The van der Waals surface area contributed by atoms with Crippen molar-refractivity contribution in [3.8, 4) is 0 Å². The Hall–Kier alpha value is -1.86. The highest BCUT2D eigenvalue weighted by atomic mass is 32.2. The topological polar surface area (TPSA) is 82.3 Å². The van der Waals surface area contributed by atoms with E-state index in [1.165, 1.54) is 0 Å². The van der Waals surface area contributed by atoms with E-state index in [0.29, 0.717) is 38.8 Å². The lowest BCUT2D eigenvalue weighted by molar-refractivity contribution is -0.121. The SMILES string of the molecule is CCCS(=O)(=O)N1CCC(NC(=O)Cc2c(C)[nH]c3ccccc23)CC1. The molecule has 0 saturated carbocycles. The van der Waals surface area contributed by atoms with E-state index in [-0.39, 0.29) is 17.7 Å². The lowest BCUT2D eigenvalue weighted by Gasteiger charge is -2.31. The first-order valence-electron chi connectivity index (χ1n) is 9.24. The molecule has 7 heteroatoms. The van der Waals surface area contributed by atoms with Gasteiger partial charge < -0.3 is 10.3 Å². The predicted octanol–water partition coefficient (Wildman–Crippen LogP) is 2.34. The molecular formula is C19H27N3O3S. The normalized spacial score (nSPS) is 16.8. The number of H-pyrrole nitrogens is 1. The summed E-state index contributed by atoms with van der Waals surface area (Å²) in [5.74, 6) is 0.192. The molecule has 0 unspecified atom stereocenters. The first-order chi connectivity index (χ1) is 12.4. The molecule has 1 aromatic carbocycles. The standard InChI is InChI=1S/C19H27N3O3S/c1-3-12-26(24,25)22-10-8-15(9-11-22)21-19(23)13-17-14(2)20-18-7-5-4-6-16(17)18/h4-7,15,20H,3,8-13H2,1-2H3,(H,21,23).